The molecule has 1 atom stereocenters. The second-order valence-corrected chi connectivity index (χ2v) is 6.93. The van der Waals surface area contributed by atoms with Crippen molar-refractivity contribution in [3.05, 3.63) is 41.3 Å². The van der Waals surface area contributed by atoms with E-state index in [2.05, 4.69) is 4.98 Å². The average Bonchev–Trinajstić information content (AvgIpc) is 3.26. The Balaban J connectivity index is 1.54. The molecule has 0 bridgehead atoms. The van der Waals surface area contributed by atoms with E-state index in [1.807, 2.05) is 0 Å². The lowest BCUT2D eigenvalue weighted by Gasteiger charge is -2.31. The van der Waals surface area contributed by atoms with Crippen LogP contribution < -0.4 is 0 Å². The third-order valence-corrected chi connectivity index (χ3v) is 5.09. The number of amides is 2. The number of carbonyl (C=O) groups excluding carboxylic acids is 2. The quantitative estimate of drug-likeness (QED) is 0.809. The van der Waals surface area contributed by atoms with E-state index in [0.29, 0.717) is 37.4 Å². The van der Waals surface area contributed by atoms with Gasteiger partial charge in [0.05, 0.1) is 6.54 Å². The Morgan fingerprint density at radius 1 is 1.19 bits per heavy atom. The van der Waals surface area contributed by atoms with Crippen LogP contribution in [0.15, 0.2) is 22.6 Å². The monoisotopic (exact) mass is 375 g/mol. The SMILES string of the molecule is CC(=O)N1CCCC1C(=O)N1CCc2oc(-c3cc(F)cc(F)c3)nc2C1. The fourth-order valence-corrected chi connectivity index (χ4v) is 3.80. The highest BCUT2D eigenvalue weighted by atomic mass is 19.1. The summed E-state index contributed by atoms with van der Waals surface area (Å²) in [6.07, 6.45) is 1.95. The standard InChI is InChI=1S/C19H19F2N3O3/c1-11(25)24-5-2-3-16(24)19(26)23-6-4-17-15(10-23)22-18(27-17)12-7-13(20)9-14(21)8-12/h7-9,16H,2-6,10H2,1H3. The highest BCUT2D eigenvalue weighted by molar-refractivity contribution is 5.87. The number of rotatable bonds is 2. The van der Waals surface area contributed by atoms with Crippen LogP contribution in [0.5, 0.6) is 0 Å². The van der Waals surface area contributed by atoms with Crippen LogP contribution in [0.4, 0.5) is 8.78 Å². The van der Waals surface area contributed by atoms with E-state index < -0.39 is 17.7 Å². The van der Waals surface area contributed by atoms with E-state index in [4.69, 9.17) is 4.42 Å². The molecule has 2 amide bonds. The predicted octanol–water partition coefficient (Wildman–Crippen LogP) is 2.52. The zero-order valence-corrected chi connectivity index (χ0v) is 14.9. The first-order chi connectivity index (χ1) is 12.9. The van der Waals surface area contributed by atoms with E-state index >= 15 is 0 Å². The number of benzene rings is 1. The summed E-state index contributed by atoms with van der Waals surface area (Å²) in [5.41, 5.74) is 0.806. The summed E-state index contributed by atoms with van der Waals surface area (Å²) < 4.78 is 32.6. The van der Waals surface area contributed by atoms with Crippen molar-refractivity contribution in [3.63, 3.8) is 0 Å². The van der Waals surface area contributed by atoms with E-state index in [1.165, 1.54) is 6.92 Å². The number of halogens is 2. The first kappa shape index (κ1) is 17.6. The lowest BCUT2D eigenvalue weighted by molar-refractivity contribution is -0.143. The fraction of sp³-hybridized carbons (Fsp3) is 0.421. The van der Waals surface area contributed by atoms with Crippen LogP contribution in [0.3, 0.4) is 0 Å². The summed E-state index contributed by atoms with van der Waals surface area (Å²) in [6, 6.07) is 2.68. The molecule has 0 spiro atoms. The molecule has 3 heterocycles. The lowest BCUT2D eigenvalue weighted by atomic mass is 10.1. The van der Waals surface area contributed by atoms with Gasteiger partial charge in [0.2, 0.25) is 17.7 Å². The summed E-state index contributed by atoms with van der Waals surface area (Å²) in [6.45, 7) is 2.80. The largest absolute Gasteiger partial charge is 0.441 e. The smallest absolute Gasteiger partial charge is 0.245 e. The van der Waals surface area contributed by atoms with Crippen molar-refractivity contribution in [3.8, 4) is 11.5 Å². The molecule has 0 saturated carbocycles. The summed E-state index contributed by atoms with van der Waals surface area (Å²) in [7, 11) is 0. The van der Waals surface area contributed by atoms with E-state index in [-0.39, 0.29) is 29.8 Å². The Morgan fingerprint density at radius 3 is 2.63 bits per heavy atom. The van der Waals surface area contributed by atoms with Crippen molar-refractivity contribution in [1.82, 2.24) is 14.8 Å². The van der Waals surface area contributed by atoms with Gasteiger partial charge in [0, 0.05) is 38.1 Å². The minimum Gasteiger partial charge on any atom is -0.441 e. The first-order valence-electron chi connectivity index (χ1n) is 8.93. The maximum atomic E-state index is 13.4. The number of hydrogen-bond acceptors (Lipinski definition) is 4. The minimum absolute atomic E-state index is 0.0882. The molecule has 2 aromatic rings. The van der Waals surface area contributed by atoms with Gasteiger partial charge in [-0.25, -0.2) is 13.8 Å². The zero-order valence-electron chi connectivity index (χ0n) is 14.9. The van der Waals surface area contributed by atoms with Gasteiger partial charge < -0.3 is 14.2 Å². The number of oxazole rings is 1. The van der Waals surface area contributed by atoms with Gasteiger partial charge in [0.25, 0.3) is 0 Å². The molecular formula is C19H19F2N3O3. The van der Waals surface area contributed by atoms with Gasteiger partial charge in [0.15, 0.2) is 0 Å². The zero-order chi connectivity index (χ0) is 19.1. The molecule has 1 saturated heterocycles. The number of nitrogens with zero attached hydrogens (tertiary/aromatic N) is 3. The second kappa shape index (κ2) is 6.75. The molecule has 0 N–H and O–H groups in total. The molecule has 27 heavy (non-hydrogen) atoms. The normalized spacial score (nSPS) is 19.3. The van der Waals surface area contributed by atoms with Crippen LogP contribution in [0.2, 0.25) is 0 Å². The van der Waals surface area contributed by atoms with E-state index in [9.17, 15) is 18.4 Å². The van der Waals surface area contributed by atoms with Crippen LogP contribution in [-0.4, -0.2) is 45.7 Å². The van der Waals surface area contributed by atoms with Crippen LogP contribution in [0.1, 0.15) is 31.2 Å². The predicted molar refractivity (Wildman–Crippen MR) is 91.4 cm³/mol. The van der Waals surface area contributed by atoms with Crippen molar-refractivity contribution in [2.75, 3.05) is 13.1 Å². The van der Waals surface area contributed by atoms with Crippen molar-refractivity contribution < 1.29 is 22.8 Å². The molecule has 1 aromatic heterocycles. The third kappa shape index (κ3) is 3.31. The molecule has 1 aromatic carbocycles. The molecule has 6 nitrogen and oxygen atoms in total. The molecule has 142 valence electrons. The highest BCUT2D eigenvalue weighted by Crippen LogP contribution is 2.28. The molecule has 1 fully saturated rings. The number of fused-ring (bicyclic) bond motifs is 1. The first-order valence-corrected chi connectivity index (χ1v) is 8.93. The van der Waals surface area contributed by atoms with E-state index in [1.54, 1.807) is 9.80 Å². The van der Waals surface area contributed by atoms with Crippen LogP contribution in [0.25, 0.3) is 11.5 Å². The summed E-state index contributed by atoms with van der Waals surface area (Å²) in [5, 5.41) is 0. The Kier molecular flexibility index (Phi) is 4.41. The number of carbonyl (C=O) groups is 2. The third-order valence-electron chi connectivity index (χ3n) is 5.09. The highest BCUT2D eigenvalue weighted by Gasteiger charge is 2.37. The molecular weight excluding hydrogens is 356 g/mol. The number of likely N-dealkylation sites (tertiary alicyclic amines) is 1. The maximum Gasteiger partial charge on any atom is 0.245 e. The Labute approximate surface area is 154 Å². The number of hydrogen-bond donors (Lipinski definition) is 0. The van der Waals surface area contributed by atoms with E-state index in [0.717, 1.165) is 24.6 Å². The van der Waals surface area contributed by atoms with Crippen LogP contribution in [-0.2, 0) is 22.6 Å². The molecule has 2 aliphatic rings. The molecule has 2 aliphatic heterocycles. The molecule has 0 aliphatic carbocycles. The molecule has 0 radical (unpaired) electrons. The van der Waals surface area contributed by atoms with Gasteiger partial charge in [-0.15, -0.1) is 0 Å². The molecule has 8 heteroatoms. The maximum absolute atomic E-state index is 13.4. The number of aromatic nitrogens is 1. The van der Waals surface area contributed by atoms with Crippen molar-refractivity contribution >= 4 is 11.8 Å². The summed E-state index contributed by atoms with van der Waals surface area (Å²) >= 11 is 0. The van der Waals surface area contributed by atoms with Gasteiger partial charge in [-0.2, -0.15) is 0 Å². The van der Waals surface area contributed by atoms with Gasteiger partial charge >= 0.3 is 0 Å². The summed E-state index contributed by atoms with van der Waals surface area (Å²) in [5.74, 6) is -0.838. The van der Waals surface area contributed by atoms with Crippen LogP contribution in [0, 0.1) is 11.6 Å². The topological polar surface area (TPSA) is 66.7 Å². The lowest BCUT2D eigenvalue weighted by Crippen LogP contribution is -2.48. The second-order valence-electron chi connectivity index (χ2n) is 6.93. The van der Waals surface area contributed by atoms with Gasteiger partial charge in [-0.05, 0) is 25.0 Å². The minimum atomic E-state index is -0.705. The van der Waals surface area contributed by atoms with Crippen molar-refractivity contribution in [1.29, 1.82) is 0 Å². The van der Waals surface area contributed by atoms with Gasteiger partial charge in [0.1, 0.15) is 29.1 Å². The average molecular weight is 375 g/mol. The molecule has 1 unspecified atom stereocenters. The fourth-order valence-electron chi connectivity index (χ4n) is 3.80. The van der Waals surface area contributed by atoms with Crippen molar-refractivity contribution in [2.45, 2.75) is 38.8 Å². The Bertz CT molecular complexity index is 891. The van der Waals surface area contributed by atoms with Gasteiger partial charge in [-0.1, -0.05) is 0 Å². The van der Waals surface area contributed by atoms with Crippen molar-refractivity contribution in [2.24, 2.45) is 0 Å². The van der Waals surface area contributed by atoms with Crippen LogP contribution >= 0.6 is 0 Å². The Hall–Kier alpha value is -2.77. The van der Waals surface area contributed by atoms with Gasteiger partial charge in [-0.3, -0.25) is 9.59 Å². The summed E-state index contributed by atoms with van der Waals surface area (Å²) in [4.78, 5) is 32.2. The molecule has 4 rings (SSSR count). The Morgan fingerprint density at radius 2 is 1.93 bits per heavy atom.